The van der Waals surface area contributed by atoms with E-state index in [0.29, 0.717) is 6.61 Å². The molecule has 0 spiro atoms. The van der Waals surface area contributed by atoms with Gasteiger partial charge in [0.2, 0.25) is 0 Å². The van der Waals surface area contributed by atoms with Gasteiger partial charge in [-0.05, 0) is 6.42 Å². The first-order valence-corrected chi connectivity index (χ1v) is 3.27. The summed E-state index contributed by atoms with van der Waals surface area (Å²) < 4.78 is 0. The van der Waals surface area contributed by atoms with Crippen LogP contribution in [0.2, 0.25) is 0 Å². The molecule has 9 heavy (non-hydrogen) atoms. The molecule has 1 atom stereocenters. The second-order valence-corrected chi connectivity index (χ2v) is 2.17. The zero-order valence-electron chi connectivity index (χ0n) is 5.84. The smallest absolute Gasteiger partial charge is 0.0729 e. The van der Waals surface area contributed by atoms with E-state index in [0.717, 1.165) is 12.8 Å². The summed E-state index contributed by atoms with van der Waals surface area (Å²) in [6.45, 7) is 2.70. The predicted octanol–water partition coefficient (Wildman–Crippen LogP) is 0.285. The van der Waals surface area contributed by atoms with Crippen molar-refractivity contribution in [3.05, 3.63) is 0 Å². The fourth-order valence-corrected chi connectivity index (χ4v) is 0.772. The molecular formula is C6H15NO2. The fraction of sp³-hybridized carbons (Fsp3) is 1.00. The average Bonchev–Trinajstić information content (AvgIpc) is 1.88. The summed E-state index contributed by atoms with van der Waals surface area (Å²) in [5.74, 6) is 5.05. The number of aliphatic hydroxyl groups is 1. The molecule has 0 fully saturated rings. The highest BCUT2D eigenvalue weighted by Gasteiger charge is 2.03. The molecule has 3 N–H and O–H groups in total. The molecule has 0 aromatic heterocycles. The average molecular weight is 133 g/mol. The number of rotatable bonds is 5. The van der Waals surface area contributed by atoms with Crippen molar-refractivity contribution in [2.75, 3.05) is 13.2 Å². The topological polar surface area (TPSA) is 55.5 Å². The molecule has 0 aromatic carbocycles. The molecule has 0 amide bonds. The van der Waals surface area contributed by atoms with Crippen molar-refractivity contribution in [1.29, 1.82) is 0 Å². The van der Waals surface area contributed by atoms with Gasteiger partial charge in [0, 0.05) is 12.5 Å². The van der Waals surface area contributed by atoms with Crippen LogP contribution < -0.4 is 5.90 Å². The predicted molar refractivity (Wildman–Crippen MR) is 35.6 cm³/mol. The maximum Gasteiger partial charge on any atom is 0.0729 e. The lowest BCUT2D eigenvalue weighted by atomic mass is 10.1. The quantitative estimate of drug-likeness (QED) is 0.530. The molecule has 0 rings (SSSR count). The summed E-state index contributed by atoms with van der Waals surface area (Å²) in [6.07, 6.45) is 2.04. The maximum absolute atomic E-state index is 8.65. The summed E-state index contributed by atoms with van der Waals surface area (Å²) in [5.41, 5.74) is 0. The molecule has 0 aromatic rings. The van der Waals surface area contributed by atoms with Crippen LogP contribution in [0.25, 0.3) is 0 Å². The van der Waals surface area contributed by atoms with Gasteiger partial charge in [-0.15, -0.1) is 0 Å². The molecule has 0 radical (unpaired) electrons. The fourth-order valence-electron chi connectivity index (χ4n) is 0.772. The molecule has 1 unspecified atom stereocenters. The monoisotopic (exact) mass is 133 g/mol. The first kappa shape index (κ1) is 8.88. The van der Waals surface area contributed by atoms with Crippen molar-refractivity contribution in [3.63, 3.8) is 0 Å². The zero-order valence-corrected chi connectivity index (χ0v) is 5.84. The lowest BCUT2D eigenvalue weighted by Gasteiger charge is -2.09. The largest absolute Gasteiger partial charge is 0.396 e. The summed E-state index contributed by atoms with van der Waals surface area (Å²) in [5, 5.41) is 8.65. The van der Waals surface area contributed by atoms with Gasteiger partial charge < -0.3 is 9.94 Å². The minimum absolute atomic E-state index is 0.172. The van der Waals surface area contributed by atoms with Crippen LogP contribution in [0.4, 0.5) is 0 Å². The minimum atomic E-state index is 0.172. The highest BCUT2D eigenvalue weighted by Crippen LogP contribution is 2.03. The molecule has 3 nitrogen and oxygen atoms in total. The van der Waals surface area contributed by atoms with Crippen molar-refractivity contribution in [2.24, 2.45) is 11.8 Å². The van der Waals surface area contributed by atoms with E-state index in [9.17, 15) is 0 Å². The van der Waals surface area contributed by atoms with E-state index >= 15 is 0 Å². The van der Waals surface area contributed by atoms with Gasteiger partial charge in [-0.1, -0.05) is 13.3 Å². The van der Waals surface area contributed by atoms with Crippen LogP contribution in [0.15, 0.2) is 0 Å². The molecule has 0 aliphatic carbocycles. The highest BCUT2D eigenvalue weighted by atomic mass is 16.6. The number of hydrogen-bond donors (Lipinski definition) is 2. The van der Waals surface area contributed by atoms with Crippen molar-refractivity contribution in [3.8, 4) is 0 Å². The lowest BCUT2D eigenvalue weighted by Crippen LogP contribution is -2.16. The lowest BCUT2D eigenvalue weighted by molar-refractivity contribution is 0.0697. The zero-order chi connectivity index (χ0) is 7.11. The van der Waals surface area contributed by atoms with E-state index < -0.39 is 0 Å². The number of nitrogens with two attached hydrogens (primary N) is 1. The Labute approximate surface area is 55.8 Å². The molecule has 3 heteroatoms. The second-order valence-electron chi connectivity index (χ2n) is 2.17. The molecule has 0 heterocycles. The van der Waals surface area contributed by atoms with Crippen molar-refractivity contribution in [1.82, 2.24) is 0 Å². The van der Waals surface area contributed by atoms with Crippen molar-refractivity contribution < 1.29 is 9.94 Å². The van der Waals surface area contributed by atoms with Gasteiger partial charge in [0.1, 0.15) is 0 Å². The maximum atomic E-state index is 8.65. The summed E-state index contributed by atoms with van der Waals surface area (Å²) in [6, 6.07) is 0. The number of aliphatic hydroxyl groups excluding tert-OH is 1. The number of hydrogen-bond acceptors (Lipinski definition) is 3. The van der Waals surface area contributed by atoms with E-state index in [2.05, 4.69) is 11.8 Å². The third-order valence-electron chi connectivity index (χ3n) is 1.29. The Morgan fingerprint density at radius 1 is 1.67 bits per heavy atom. The summed E-state index contributed by atoms with van der Waals surface area (Å²) in [7, 11) is 0. The first-order chi connectivity index (χ1) is 4.35. The van der Waals surface area contributed by atoms with Crippen LogP contribution in [-0.2, 0) is 4.84 Å². The van der Waals surface area contributed by atoms with Crippen LogP contribution in [0.5, 0.6) is 0 Å². The van der Waals surface area contributed by atoms with Gasteiger partial charge in [-0.3, -0.25) is 0 Å². The van der Waals surface area contributed by atoms with E-state index in [1.54, 1.807) is 0 Å². The molecule has 0 saturated heterocycles. The van der Waals surface area contributed by atoms with Crippen molar-refractivity contribution >= 4 is 0 Å². The van der Waals surface area contributed by atoms with Crippen LogP contribution in [0, 0.1) is 5.92 Å². The van der Waals surface area contributed by atoms with E-state index in [1.165, 1.54) is 0 Å². The minimum Gasteiger partial charge on any atom is -0.396 e. The Morgan fingerprint density at radius 3 is 2.67 bits per heavy atom. The molecule has 0 aliphatic rings. The van der Waals surface area contributed by atoms with E-state index in [-0.39, 0.29) is 12.5 Å². The third kappa shape index (κ3) is 4.39. The standard InChI is InChI=1S/C6H15NO2/c1-2-3-6(4-8)5-9-7/h6,8H,2-5,7H2,1H3. The molecule has 0 aliphatic heterocycles. The first-order valence-electron chi connectivity index (χ1n) is 3.27. The molecule has 56 valence electrons. The summed E-state index contributed by atoms with van der Waals surface area (Å²) in [4.78, 5) is 4.39. The second kappa shape index (κ2) is 6.01. The van der Waals surface area contributed by atoms with Crippen LogP contribution in [0.1, 0.15) is 19.8 Å². The van der Waals surface area contributed by atoms with Gasteiger partial charge in [-0.2, -0.15) is 0 Å². The molecule has 0 saturated carbocycles. The van der Waals surface area contributed by atoms with Gasteiger partial charge in [-0.25, -0.2) is 5.90 Å². The highest BCUT2D eigenvalue weighted by molar-refractivity contribution is 4.53. The van der Waals surface area contributed by atoms with Crippen LogP contribution in [0.3, 0.4) is 0 Å². The van der Waals surface area contributed by atoms with E-state index in [1.807, 2.05) is 0 Å². The van der Waals surface area contributed by atoms with E-state index in [4.69, 9.17) is 11.0 Å². The Bertz CT molecular complexity index is 53.0. The van der Waals surface area contributed by atoms with Gasteiger partial charge in [0.05, 0.1) is 6.61 Å². The van der Waals surface area contributed by atoms with Gasteiger partial charge in [0.25, 0.3) is 0 Å². The summed E-state index contributed by atoms with van der Waals surface area (Å²) >= 11 is 0. The Balaban J connectivity index is 3.18. The van der Waals surface area contributed by atoms with Gasteiger partial charge in [0.15, 0.2) is 0 Å². The SMILES string of the molecule is CCCC(CO)CON. The van der Waals surface area contributed by atoms with Gasteiger partial charge >= 0.3 is 0 Å². The van der Waals surface area contributed by atoms with Crippen molar-refractivity contribution in [2.45, 2.75) is 19.8 Å². The van der Waals surface area contributed by atoms with Crippen LogP contribution in [-0.4, -0.2) is 18.3 Å². The van der Waals surface area contributed by atoms with Crippen LogP contribution >= 0.6 is 0 Å². The molecular weight excluding hydrogens is 118 g/mol. The third-order valence-corrected chi connectivity index (χ3v) is 1.29. The molecule has 0 bridgehead atoms. The Morgan fingerprint density at radius 2 is 2.33 bits per heavy atom. The Hall–Kier alpha value is -0.120. The Kier molecular flexibility index (Phi) is 5.93. The normalized spacial score (nSPS) is 13.7.